The highest BCUT2D eigenvalue weighted by Crippen LogP contribution is 2.26. The molecule has 0 atom stereocenters. The Kier molecular flexibility index (Phi) is 3.69. The van der Waals surface area contributed by atoms with Crippen LogP contribution in [0.1, 0.15) is 25.7 Å². The minimum absolute atomic E-state index is 0.0259. The standard InChI is InChI=1S/C9H18N2O2/c1-13-7-6-11-8(12)9(10)4-2-3-5-9/h2-7,10H2,1H3,(H,11,12). The fourth-order valence-corrected chi connectivity index (χ4v) is 1.68. The number of hydrogen-bond acceptors (Lipinski definition) is 3. The molecule has 1 fully saturated rings. The molecule has 0 spiro atoms. The van der Waals surface area contributed by atoms with Crippen molar-refractivity contribution in [2.24, 2.45) is 5.73 Å². The summed E-state index contributed by atoms with van der Waals surface area (Å²) in [6, 6.07) is 0. The van der Waals surface area contributed by atoms with Gasteiger partial charge in [-0.2, -0.15) is 0 Å². The zero-order chi connectivity index (χ0) is 9.73. The zero-order valence-corrected chi connectivity index (χ0v) is 8.14. The molecular weight excluding hydrogens is 168 g/mol. The van der Waals surface area contributed by atoms with E-state index in [1.165, 1.54) is 0 Å². The lowest BCUT2D eigenvalue weighted by Gasteiger charge is -2.21. The predicted octanol–water partition coefficient (Wildman–Crippen LogP) is 0.0205. The Morgan fingerprint density at radius 2 is 2.15 bits per heavy atom. The van der Waals surface area contributed by atoms with Crippen molar-refractivity contribution in [3.8, 4) is 0 Å². The van der Waals surface area contributed by atoms with Crippen molar-refractivity contribution in [3.63, 3.8) is 0 Å². The molecule has 1 rings (SSSR count). The average Bonchev–Trinajstić information content (AvgIpc) is 2.54. The molecule has 0 saturated heterocycles. The predicted molar refractivity (Wildman–Crippen MR) is 50.3 cm³/mol. The molecule has 1 amide bonds. The van der Waals surface area contributed by atoms with E-state index in [-0.39, 0.29) is 5.91 Å². The first-order chi connectivity index (χ1) is 6.19. The summed E-state index contributed by atoms with van der Waals surface area (Å²) >= 11 is 0. The Labute approximate surface area is 78.8 Å². The van der Waals surface area contributed by atoms with E-state index in [1.807, 2.05) is 0 Å². The molecule has 76 valence electrons. The minimum Gasteiger partial charge on any atom is -0.383 e. The fourth-order valence-electron chi connectivity index (χ4n) is 1.68. The van der Waals surface area contributed by atoms with Gasteiger partial charge in [0.1, 0.15) is 0 Å². The highest BCUT2D eigenvalue weighted by atomic mass is 16.5. The minimum atomic E-state index is -0.603. The van der Waals surface area contributed by atoms with Gasteiger partial charge < -0.3 is 15.8 Å². The number of amides is 1. The third kappa shape index (κ3) is 2.67. The van der Waals surface area contributed by atoms with Gasteiger partial charge in [-0.15, -0.1) is 0 Å². The SMILES string of the molecule is COCCNC(=O)C1(N)CCCC1. The summed E-state index contributed by atoms with van der Waals surface area (Å²) < 4.78 is 4.83. The number of nitrogens with two attached hydrogens (primary N) is 1. The Bertz CT molecular complexity index is 176. The van der Waals surface area contributed by atoms with Crippen LogP contribution in [0.25, 0.3) is 0 Å². The largest absolute Gasteiger partial charge is 0.383 e. The third-order valence-electron chi connectivity index (χ3n) is 2.54. The van der Waals surface area contributed by atoms with Crippen molar-refractivity contribution >= 4 is 5.91 Å². The van der Waals surface area contributed by atoms with Crippen molar-refractivity contribution in [1.29, 1.82) is 0 Å². The maximum atomic E-state index is 11.6. The average molecular weight is 186 g/mol. The number of hydrogen-bond donors (Lipinski definition) is 2. The van der Waals surface area contributed by atoms with E-state index < -0.39 is 5.54 Å². The maximum absolute atomic E-state index is 11.6. The number of carbonyl (C=O) groups excluding carboxylic acids is 1. The van der Waals surface area contributed by atoms with Crippen molar-refractivity contribution in [1.82, 2.24) is 5.32 Å². The number of methoxy groups -OCH3 is 1. The second kappa shape index (κ2) is 4.58. The summed E-state index contributed by atoms with van der Waals surface area (Å²) in [6.07, 6.45) is 3.75. The van der Waals surface area contributed by atoms with Crippen LogP contribution in [-0.4, -0.2) is 31.7 Å². The Balaban J connectivity index is 2.29. The van der Waals surface area contributed by atoms with E-state index in [0.717, 1.165) is 25.7 Å². The smallest absolute Gasteiger partial charge is 0.240 e. The number of rotatable bonds is 4. The summed E-state index contributed by atoms with van der Waals surface area (Å²) in [7, 11) is 1.61. The molecule has 0 aromatic rings. The molecule has 0 heterocycles. The highest BCUT2D eigenvalue weighted by Gasteiger charge is 2.36. The normalized spacial score (nSPS) is 20.2. The van der Waals surface area contributed by atoms with E-state index in [1.54, 1.807) is 7.11 Å². The fraction of sp³-hybridized carbons (Fsp3) is 0.889. The summed E-state index contributed by atoms with van der Waals surface area (Å²) in [4.78, 5) is 11.6. The van der Waals surface area contributed by atoms with Crippen LogP contribution >= 0.6 is 0 Å². The van der Waals surface area contributed by atoms with Crippen LogP contribution in [0.2, 0.25) is 0 Å². The van der Waals surface area contributed by atoms with Crippen molar-refractivity contribution in [2.45, 2.75) is 31.2 Å². The van der Waals surface area contributed by atoms with Gasteiger partial charge in [0, 0.05) is 13.7 Å². The zero-order valence-electron chi connectivity index (χ0n) is 8.14. The molecule has 0 radical (unpaired) electrons. The van der Waals surface area contributed by atoms with Gasteiger partial charge in [-0.25, -0.2) is 0 Å². The lowest BCUT2D eigenvalue weighted by Crippen LogP contribution is -2.52. The second-order valence-corrected chi connectivity index (χ2v) is 3.61. The summed E-state index contributed by atoms with van der Waals surface area (Å²) in [6.45, 7) is 1.09. The number of nitrogens with one attached hydrogen (secondary N) is 1. The van der Waals surface area contributed by atoms with Crippen LogP contribution in [0, 0.1) is 0 Å². The first-order valence-electron chi connectivity index (χ1n) is 4.75. The third-order valence-corrected chi connectivity index (χ3v) is 2.54. The highest BCUT2D eigenvalue weighted by molar-refractivity contribution is 5.86. The Morgan fingerprint density at radius 1 is 1.54 bits per heavy atom. The van der Waals surface area contributed by atoms with Gasteiger partial charge in [0.2, 0.25) is 5.91 Å². The molecular formula is C9H18N2O2. The molecule has 1 aliphatic carbocycles. The molecule has 0 aromatic carbocycles. The maximum Gasteiger partial charge on any atom is 0.240 e. The van der Waals surface area contributed by atoms with Crippen LogP contribution in [0.4, 0.5) is 0 Å². The molecule has 1 aliphatic rings. The van der Waals surface area contributed by atoms with Gasteiger partial charge in [-0.05, 0) is 12.8 Å². The van der Waals surface area contributed by atoms with Crippen LogP contribution in [0.5, 0.6) is 0 Å². The summed E-state index contributed by atoms with van der Waals surface area (Å²) in [5.41, 5.74) is 5.33. The van der Waals surface area contributed by atoms with E-state index in [0.29, 0.717) is 13.2 Å². The molecule has 4 heteroatoms. The van der Waals surface area contributed by atoms with Gasteiger partial charge in [0.15, 0.2) is 0 Å². The summed E-state index contributed by atoms with van der Waals surface area (Å²) in [5.74, 6) is -0.0259. The second-order valence-electron chi connectivity index (χ2n) is 3.61. The van der Waals surface area contributed by atoms with Gasteiger partial charge in [0.05, 0.1) is 12.1 Å². The molecule has 0 aromatic heterocycles. The van der Waals surface area contributed by atoms with Crippen LogP contribution in [0.3, 0.4) is 0 Å². The number of carbonyl (C=O) groups is 1. The Morgan fingerprint density at radius 3 is 2.69 bits per heavy atom. The van der Waals surface area contributed by atoms with Gasteiger partial charge in [0.25, 0.3) is 0 Å². The molecule has 4 nitrogen and oxygen atoms in total. The monoisotopic (exact) mass is 186 g/mol. The van der Waals surface area contributed by atoms with E-state index in [4.69, 9.17) is 10.5 Å². The van der Waals surface area contributed by atoms with E-state index >= 15 is 0 Å². The van der Waals surface area contributed by atoms with E-state index in [9.17, 15) is 4.79 Å². The summed E-state index contributed by atoms with van der Waals surface area (Å²) in [5, 5.41) is 2.78. The molecule has 1 saturated carbocycles. The van der Waals surface area contributed by atoms with E-state index in [2.05, 4.69) is 5.32 Å². The molecule has 13 heavy (non-hydrogen) atoms. The molecule has 0 bridgehead atoms. The lowest BCUT2D eigenvalue weighted by atomic mass is 9.98. The van der Waals surface area contributed by atoms with Crippen LogP contribution < -0.4 is 11.1 Å². The number of ether oxygens (including phenoxy) is 1. The van der Waals surface area contributed by atoms with Crippen LogP contribution in [0.15, 0.2) is 0 Å². The van der Waals surface area contributed by atoms with Gasteiger partial charge >= 0.3 is 0 Å². The Hall–Kier alpha value is -0.610. The molecule has 3 N–H and O–H groups in total. The quantitative estimate of drug-likeness (QED) is 0.608. The first-order valence-corrected chi connectivity index (χ1v) is 4.75. The molecule has 0 aliphatic heterocycles. The van der Waals surface area contributed by atoms with Crippen molar-refractivity contribution < 1.29 is 9.53 Å². The lowest BCUT2D eigenvalue weighted by molar-refractivity contribution is -0.126. The topological polar surface area (TPSA) is 64.3 Å². The van der Waals surface area contributed by atoms with Crippen molar-refractivity contribution in [3.05, 3.63) is 0 Å². The van der Waals surface area contributed by atoms with Gasteiger partial charge in [-0.1, -0.05) is 12.8 Å². The van der Waals surface area contributed by atoms with Crippen LogP contribution in [-0.2, 0) is 9.53 Å². The van der Waals surface area contributed by atoms with Gasteiger partial charge in [-0.3, -0.25) is 4.79 Å². The molecule has 0 unspecified atom stereocenters. The van der Waals surface area contributed by atoms with Crippen molar-refractivity contribution in [2.75, 3.05) is 20.3 Å². The first kappa shape index (κ1) is 10.5.